The van der Waals surface area contributed by atoms with Gasteiger partial charge in [0.1, 0.15) is 6.26 Å². The lowest BCUT2D eigenvalue weighted by molar-refractivity contribution is 0.453. The van der Waals surface area contributed by atoms with Gasteiger partial charge in [-0.05, 0) is 44.0 Å². The summed E-state index contributed by atoms with van der Waals surface area (Å²) in [6, 6.07) is 4.82. The van der Waals surface area contributed by atoms with Gasteiger partial charge in [-0.1, -0.05) is 36.4 Å². The molecular formula is C16H22N2OS. The molecule has 0 radical (unpaired) electrons. The van der Waals surface area contributed by atoms with E-state index in [9.17, 15) is 0 Å². The van der Waals surface area contributed by atoms with Gasteiger partial charge in [-0.25, -0.2) is 4.98 Å². The molecule has 1 heterocycles. The van der Waals surface area contributed by atoms with Crippen molar-refractivity contribution >= 4 is 11.8 Å². The minimum absolute atomic E-state index is 0.317. The lowest BCUT2D eigenvalue weighted by Gasteiger charge is -2.22. The van der Waals surface area contributed by atoms with Crippen LogP contribution in [0.5, 0.6) is 0 Å². The number of nitrogens with zero attached hydrogens (tertiary/aromatic N) is 1. The number of aromatic nitrogens is 1. The fourth-order valence-electron chi connectivity index (χ4n) is 2.67. The van der Waals surface area contributed by atoms with Gasteiger partial charge in [0, 0.05) is 11.8 Å². The Morgan fingerprint density at radius 3 is 2.50 bits per heavy atom. The minimum Gasteiger partial charge on any atom is -0.440 e. The molecule has 0 amide bonds. The van der Waals surface area contributed by atoms with E-state index in [0.717, 1.165) is 17.5 Å². The van der Waals surface area contributed by atoms with Crippen LogP contribution in [0.25, 0.3) is 0 Å². The molecule has 0 saturated heterocycles. The molecule has 0 spiro atoms. The summed E-state index contributed by atoms with van der Waals surface area (Å²) in [4.78, 5) is 4.17. The molecule has 1 N–H and O–H groups in total. The summed E-state index contributed by atoms with van der Waals surface area (Å²) in [7, 11) is 0. The summed E-state index contributed by atoms with van der Waals surface area (Å²) in [5.74, 6) is 0.916. The zero-order valence-electron chi connectivity index (χ0n) is 12.6. The third-order valence-corrected chi connectivity index (χ3v) is 4.27. The Morgan fingerprint density at radius 1 is 1.25 bits per heavy atom. The number of oxazole rings is 1. The molecular weight excluding hydrogens is 268 g/mol. The normalized spacial score (nSPS) is 12.6. The Balaban J connectivity index is 2.19. The van der Waals surface area contributed by atoms with Crippen molar-refractivity contribution in [1.82, 2.24) is 10.3 Å². The van der Waals surface area contributed by atoms with Crippen LogP contribution in [-0.4, -0.2) is 17.3 Å². The van der Waals surface area contributed by atoms with E-state index in [-0.39, 0.29) is 0 Å². The van der Waals surface area contributed by atoms with Gasteiger partial charge in [0.25, 0.3) is 5.22 Å². The molecule has 108 valence electrons. The Kier molecular flexibility index (Phi) is 5.26. The highest BCUT2D eigenvalue weighted by atomic mass is 32.2. The van der Waals surface area contributed by atoms with Crippen LogP contribution < -0.4 is 5.32 Å². The summed E-state index contributed by atoms with van der Waals surface area (Å²) in [6.45, 7) is 9.61. The fourth-order valence-corrected chi connectivity index (χ4v) is 3.52. The number of rotatable bonds is 6. The Hall–Kier alpha value is -1.26. The van der Waals surface area contributed by atoms with Gasteiger partial charge in [0.15, 0.2) is 0 Å². The molecule has 1 atom stereocenters. The van der Waals surface area contributed by atoms with E-state index in [1.165, 1.54) is 22.3 Å². The third kappa shape index (κ3) is 3.64. The highest BCUT2D eigenvalue weighted by Crippen LogP contribution is 2.28. The van der Waals surface area contributed by atoms with Crippen molar-refractivity contribution in [3.05, 3.63) is 46.8 Å². The first-order valence-electron chi connectivity index (χ1n) is 6.95. The van der Waals surface area contributed by atoms with Gasteiger partial charge in [-0.15, -0.1) is 0 Å². The van der Waals surface area contributed by atoms with Crippen molar-refractivity contribution in [2.24, 2.45) is 0 Å². The second-order valence-corrected chi connectivity index (χ2v) is 6.00. The topological polar surface area (TPSA) is 38.1 Å². The number of nitrogens with one attached hydrogen (secondary N) is 1. The van der Waals surface area contributed by atoms with E-state index in [1.54, 1.807) is 24.2 Å². The monoisotopic (exact) mass is 290 g/mol. The second kappa shape index (κ2) is 6.95. The molecule has 0 saturated carbocycles. The van der Waals surface area contributed by atoms with Crippen LogP contribution in [0.2, 0.25) is 0 Å². The van der Waals surface area contributed by atoms with Crippen LogP contribution in [0, 0.1) is 20.8 Å². The van der Waals surface area contributed by atoms with Crippen LogP contribution in [0.4, 0.5) is 0 Å². The van der Waals surface area contributed by atoms with Gasteiger partial charge in [-0.3, -0.25) is 0 Å². The Labute approximate surface area is 125 Å². The van der Waals surface area contributed by atoms with Crippen molar-refractivity contribution < 1.29 is 4.42 Å². The van der Waals surface area contributed by atoms with E-state index in [2.05, 4.69) is 50.1 Å². The first kappa shape index (κ1) is 15.1. The number of thioether (sulfide) groups is 1. The summed E-state index contributed by atoms with van der Waals surface area (Å²) in [5.41, 5.74) is 5.42. The SMILES string of the molecule is CCNC(CSc1ncco1)c1c(C)cc(C)cc1C. The van der Waals surface area contributed by atoms with Crippen molar-refractivity contribution in [2.75, 3.05) is 12.3 Å². The zero-order chi connectivity index (χ0) is 14.5. The Morgan fingerprint density at radius 2 is 1.95 bits per heavy atom. The molecule has 20 heavy (non-hydrogen) atoms. The molecule has 1 unspecified atom stereocenters. The number of hydrogen-bond acceptors (Lipinski definition) is 4. The minimum atomic E-state index is 0.317. The summed E-state index contributed by atoms with van der Waals surface area (Å²) in [5, 5.41) is 4.30. The van der Waals surface area contributed by atoms with E-state index >= 15 is 0 Å². The molecule has 4 heteroatoms. The molecule has 2 aromatic rings. The van der Waals surface area contributed by atoms with Gasteiger partial charge in [-0.2, -0.15) is 0 Å². The molecule has 0 fully saturated rings. The van der Waals surface area contributed by atoms with E-state index in [0.29, 0.717) is 6.04 Å². The summed E-state index contributed by atoms with van der Waals surface area (Å²) < 4.78 is 5.30. The van der Waals surface area contributed by atoms with Crippen LogP contribution >= 0.6 is 11.8 Å². The number of hydrogen-bond donors (Lipinski definition) is 1. The maximum absolute atomic E-state index is 5.30. The van der Waals surface area contributed by atoms with Crippen molar-refractivity contribution in [3.8, 4) is 0 Å². The smallest absolute Gasteiger partial charge is 0.255 e. The average molecular weight is 290 g/mol. The van der Waals surface area contributed by atoms with Crippen molar-refractivity contribution in [2.45, 2.75) is 39.0 Å². The molecule has 0 aliphatic heterocycles. The highest BCUT2D eigenvalue weighted by Gasteiger charge is 2.17. The van der Waals surface area contributed by atoms with E-state index < -0.39 is 0 Å². The first-order chi connectivity index (χ1) is 9.61. The van der Waals surface area contributed by atoms with Gasteiger partial charge < -0.3 is 9.73 Å². The Bertz CT molecular complexity index is 529. The third-order valence-electron chi connectivity index (χ3n) is 3.32. The highest BCUT2D eigenvalue weighted by molar-refractivity contribution is 7.99. The van der Waals surface area contributed by atoms with Gasteiger partial charge >= 0.3 is 0 Å². The first-order valence-corrected chi connectivity index (χ1v) is 7.93. The summed E-state index contributed by atoms with van der Waals surface area (Å²) in [6.07, 6.45) is 3.31. The van der Waals surface area contributed by atoms with Crippen molar-refractivity contribution in [1.29, 1.82) is 0 Å². The molecule has 3 nitrogen and oxygen atoms in total. The largest absolute Gasteiger partial charge is 0.440 e. The van der Waals surface area contributed by atoms with E-state index in [4.69, 9.17) is 4.42 Å². The van der Waals surface area contributed by atoms with Gasteiger partial charge in [0.05, 0.1) is 6.20 Å². The molecule has 0 aliphatic rings. The standard InChI is InChI=1S/C16H22N2OS/c1-5-17-14(10-20-16-18-6-7-19-16)15-12(3)8-11(2)9-13(15)4/h6-9,14,17H,5,10H2,1-4H3. The molecule has 0 aliphatic carbocycles. The van der Waals surface area contributed by atoms with Crippen LogP contribution in [0.3, 0.4) is 0 Å². The fraction of sp³-hybridized carbons (Fsp3) is 0.438. The maximum atomic E-state index is 5.30. The van der Waals surface area contributed by atoms with Crippen LogP contribution in [0.15, 0.2) is 34.2 Å². The van der Waals surface area contributed by atoms with E-state index in [1.807, 2.05) is 0 Å². The summed E-state index contributed by atoms with van der Waals surface area (Å²) >= 11 is 1.65. The lowest BCUT2D eigenvalue weighted by atomic mass is 9.95. The maximum Gasteiger partial charge on any atom is 0.255 e. The quantitative estimate of drug-likeness (QED) is 0.815. The molecule has 1 aromatic carbocycles. The molecule has 1 aromatic heterocycles. The lowest BCUT2D eigenvalue weighted by Crippen LogP contribution is -2.24. The van der Waals surface area contributed by atoms with Crippen molar-refractivity contribution in [3.63, 3.8) is 0 Å². The second-order valence-electron chi connectivity index (χ2n) is 5.03. The zero-order valence-corrected chi connectivity index (χ0v) is 13.4. The predicted molar refractivity (Wildman–Crippen MR) is 84.3 cm³/mol. The molecule has 2 rings (SSSR count). The number of benzene rings is 1. The molecule has 0 bridgehead atoms. The number of aryl methyl sites for hydroxylation is 3. The predicted octanol–water partition coefficient (Wildman–Crippen LogP) is 4.04. The van der Waals surface area contributed by atoms with Crippen LogP contribution in [-0.2, 0) is 0 Å². The van der Waals surface area contributed by atoms with Gasteiger partial charge in [0.2, 0.25) is 0 Å². The van der Waals surface area contributed by atoms with Crippen LogP contribution in [0.1, 0.15) is 35.2 Å². The average Bonchev–Trinajstić information content (AvgIpc) is 2.87.